The summed E-state index contributed by atoms with van der Waals surface area (Å²) < 4.78 is 8.12. The van der Waals surface area contributed by atoms with Gasteiger partial charge < -0.3 is 15.2 Å². The van der Waals surface area contributed by atoms with Gasteiger partial charge in [-0.15, -0.1) is 0 Å². The third-order valence-corrected chi connectivity index (χ3v) is 7.46. The lowest BCUT2D eigenvalue weighted by Gasteiger charge is -2.25. The number of rotatable bonds is 5. The number of amides is 1. The summed E-state index contributed by atoms with van der Waals surface area (Å²) in [6, 6.07) is 20.7. The van der Waals surface area contributed by atoms with Crippen molar-refractivity contribution in [1.82, 2.24) is 4.57 Å². The molecule has 1 atom stereocenters. The van der Waals surface area contributed by atoms with Crippen LogP contribution < -0.4 is 24.9 Å². The second-order valence-electron chi connectivity index (χ2n) is 8.38. The first-order valence-electron chi connectivity index (χ1n) is 11.4. The van der Waals surface area contributed by atoms with Crippen molar-refractivity contribution in [2.45, 2.75) is 13.0 Å². The van der Waals surface area contributed by atoms with Crippen molar-refractivity contribution in [2.24, 2.45) is 4.99 Å². The van der Waals surface area contributed by atoms with Crippen molar-refractivity contribution >= 4 is 44.9 Å². The SMILES string of the molecule is COc1cccc(C2C(C(=O)Nc3ccccc3)=C(C)N=c3sc(=Cc4cc(Br)ccc4O)c(=O)n32)c1. The van der Waals surface area contributed by atoms with Crippen LogP contribution >= 0.6 is 27.3 Å². The monoisotopic (exact) mass is 575 g/mol. The summed E-state index contributed by atoms with van der Waals surface area (Å²) in [5, 5.41) is 13.3. The number of anilines is 1. The number of fused-ring (bicyclic) bond motifs is 1. The maximum absolute atomic E-state index is 13.8. The first-order chi connectivity index (χ1) is 17.9. The van der Waals surface area contributed by atoms with E-state index in [1.807, 2.05) is 42.5 Å². The van der Waals surface area contributed by atoms with E-state index in [0.717, 1.165) is 4.47 Å². The number of phenols is 1. The van der Waals surface area contributed by atoms with Crippen LogP contribution in [-0.4, -0.2) is 22.7 Å². The second kappa shape index (κ2) is 10.2. The third-order valence-electron chi connectivity index (χ3n) is 5.98. The van der Waals surface area contributed by atoms with Crippen molar-refractivity contribution in [3.05, 3.63) is 119 Å². The highest BCUT2D eigenvalue weighted by Crippen LogP contribution is 2.32. The Kier molecular flexibility index (Phi) is 6.82. The number of hydrogen-bond donors (Lipinski definition) is 2. The number of carbonyl (C=O) groups excluding carboxylic acids is 1. The van der Waals surface area contributed by atoms with Crippen LogP contribution in [0.3, 0.4) is 0 Å². The number of nitrogens with one attached hydrogen (secondary N) is 1. The van der Waals surface area contributed by atoms with Crippen LogP contribution in [0.5, 0.6) is 11.5 Å². The molecule has 1 aliphatic rings. The fourth-order valence-electron chi connectivity index (χ4n) is 4.24. The van der Waals surface area contributed by atoms with Crippen molar-refractivity contribution in [1.29, 1.82) is 0 Å². The summed E-state index contributed by atoms with van der Waals surface area (Å²) in [4.78, 5) is 32.5. The molecule has 0 radical (unpaired) electrons. The van der Waals surface area contributed by atoms with E-state index in [0.29, 0.717) is 43.2 Å². The molecule has 9 heteroatoms. The molecule has 0 bridgehead atoms. The van der Waals surface area contributed by atoms with Gasteiger partial charge in [-0.25, -0.2) is 4.99 Å². The molecular formula is C28H22BrN3O4S. The molecule has 5 rings (SSSR count). The quantitative estimate of drug-likeness (QED) is 0.370. The van der Waals surface area contributed by atoms with E-state index in [4.69, 9.17) is 4.74 Å². The normalized spacial score (nSPS) is 15.2. The molecule has 3 aromatic carbocycles. The van der Waals surface area contributed by atoms with Crippen molar-refractivity contribution in [3.8, 4) is 11.5 Å². The average Bonchev–Trinajstić information content (AvgIpc) is 3.20. The van der Waals surface area contributed by atoms with Gasteiger partial charge in [0.2, 0.25) is 0 Å². The maximum Gasteiger partial charge on any atom is 0.271 e. The smallest absolute Gasteiger partial charge is 0.271 e. The number of halogens is 1. The molecule has 1 amide bonds. The number of benzene rings is 3. The number of thiazole rings is 1. The number of allylic oxidation sites excluding steroid dienone is 1. The second-order valence-corrected chi connectivity index (χ2v) is 10.3. The van der Waals surface area contributed by atoms with Crippen LogP contribution in [0.2, 0.25) is 0 Å². The summed E-state index contributed by atoms with van der Waals surface area (Å²) in [5.74, 6) is 0.313. The molecule has 186 valence electrons. The number of methoxy groups -OCH3 is 1. The Labute approximate surface area is 224 Å². The van der Waals surface area contributed by atoms with E-state index >= 15 is 0 Å². The van der Waals surface area contributed by atoms with E-state index in [9.17, 15) is 14.7 Å². The minimum atomic E-state index is -0.728. The molecule has 2 N–H and O–H groups in total. The zero-order valence-corrected chi connectivity index (χ0v) is 22.3. The molecule has 0 aliphatic carbocycles. The van der Waals surface area contributed by atoms with Gasteiger partial charge in [0.05, 0.1) is 29.0 Å². The third kappa shape index (κ3) is 4.87. The van der Waals surface area contributed by atoms with Crippen LogP contribution in [0, 0.1) is 0 Å². The van der Waals surface area contributed by atoms with Gasteiger partial charge in [0.15, 0.2) is 4.80 Å². The molecule has 0 fully saturated rings. The topological polar surface area (TPSA) is 92.9 Å². The molecule has 1 aromatic heterocycles. The Balaban J connectivity index is 1.71. The molecule has 1 unspecified atom stereocenters. The number of phenolic OH excluding ortho intramolecular Hbond substituents is 1. The predicted molar refractivity (Wildman–Crippen MR) is 148 cm³/mol. The van der Waals surface area contributed by atoms with Gasteiger partial charge in [0, 0.05) is 15.7 Å². The van der Waals surface area contributed by atoms with Crippen molar-refractivity contribution in [3.63, 3.8) is 0 Å². The number of aromatic hydroxyl groups is 1. The van der Waals surface area contributed by atoms with Crippen LogP contribution in [0.15, 0.2) is 98.3 Å². The highest BCUT2D eigenvalue weighted by molar-refractivity contribution is 9.10. The molecule has 1 aliphatic heterocycles. The van der Waals surface area contributed by atoms with Gasteiger partial charge in [-0.2, -0.15) is 0 Å². The zero-order chi connectivity index (χ0) is 26.1. The summed E-state index contributed by atoms with van der Waals surface area (Å²) in [7, 11) is 1.57. The van der Waals surface area contributed by atoms with Gasteiger partial charge >= 0.3 is 0 Å². The van der Waals surface area contributed by atoms with E-state index < -0.39 is 6.04 Å². The fraction of sp³-hybridized carbons (Fsp3) is 0.107. The molecule has 2 heterocycles. The number of carbonyl (C=O) groups is 1. The molecule has 4 aromatic rings. The molecule has 7 nitrogen and oxygen atoms in total. The Morgan fingerprint density at radius 2 is 1.92 bits per heavy atom. The minimum Gasteiger partial charge on any atom is -0.507 e. The van der Waals surface area contributed by atoms with Gasteiger partial charge in [0.25, 0.3) is 11.5 Å². The molecule has 0 spiro atoms. The standard InChI is InChI=1S/C28H22BrN3O4S/c1-16-24(26(34)31-20-8-4-3-5-9-20)25(17-7-6-10-21(14-17)36-2)32-27(35)23(37-28(32)30-16)15-18-13-19(29)11-12-22(18)33/h3-15,25,33H,1-2H3,(H,31,34). The molecule has 0 saturated carbocycles. The Morgan fingerprint density at radius 1 is 1.14 bits per heavy atom. The number of nitrogens with zero attached hydrogens (tertiary/aromatic N) is 2. The van der Waals surface area contributed by atoms with Crippen LogP contribution in [-0.2, 0) is 4.79 Å². The van der Waals surface area contributed by atoms with Gasteiger partial charge in [0.1, 0.15) is 11.5 Å². The van der Waals surface area contributed by atoms with Crippen LogP contribution in [0.4, 0.5) is 5.69 Å². The van der Waals surface area contributed by atoms with Crippen LogP contribution in [0.25, 0.3) is 6.08 Å². The van der Waals surface area contributed by atoms with E-state index in [1.54, 1.807) is 50.4 Å². The van der Waals surface area contributed by atoms with Crippen LogP contribution in [0.1, 0.15) is 24.1 Å². The minimum absolute atomic E-state index is 0.0532. The largest absolute Gasteiger partial charge is 0.507 e. The Morgan fingerprint density at radius 3 is 2.68 bits per heavy atom. The lowest BCUT2D eigenvalue weighted by Crippen LogP contribution is -2.40. The zero-order valence-electron chi connectivity index (χ0n) is 19.9. The highest BCUT2D eigenvalue weighted by atomic mass is 79.9. The van der Waals surface area contributed by atoms with Gasteiger partial charge in [-0.1, -0.05) is 57.6 Å². The Bertz CT molecular complexity index is 1720. The van der Waals surface area contributed by atoms with E-state index in [1.165, 1.54) is 15.9 Å². The summed E-state index contributed by atoms with van der Waals surface area (Å²) in [6.07, 6.45) is 1.63. The predicted octanol–water partition coefficient (Wildman–Crippen LogP) is 4.35. The Hall–Kier alpha value is -3.95. The summed E-state index contributed by atoms with van der Waals surface area (Å²) in [6.45, 7) is 1.77. The fourth-order valence-corrected chi connectivity index (χ4v) is 5.66. The number of hydrogen-bond acceptors (Lipinski definition) is 6. The highest BCUT2D eigenvalue weighted by Gasteiger charge is 2.32. The van der Waals surface area contributed by atoms with E-state index in [2.05, 4.69) is 26.2 Å². The lowest BCUT2D eigenvalue weighted by molar-refractivity contribution is -0.113. The van der Waals surface area contributed by atoms with Crippen molar-refractivity contribution in [2.75, 3.05) is 12.4 Å². The summed E-state index contributed by atoms with van der Waals surface area (Å²) in [5.41, 5.74) is 2.41. The molecule has 0 saturated heterocycles. The molecule has 37 heavy (non-hydrogen) atoms. The molecular weight excluding hydrogens is 554 g/mol. The summed E-state index contributed by atoms with van der Waals surface area (Å²) >= 11 is 4.61. The number of ether oxygens (including phenoxy) is 1. The first-order valence-corrected chi connectivity index (χ1v) is 13.0. The van der Waals surface area contributed by atoms with Gasteiger partial charge in [-0.05, 0) is 61.0 Å². The van der Waals surface area contributed by atoms with E-state index in [-0.39, 0.29) is 17.2 Å². The average molecular weight is 576 g/mol. The van der Waals surface area contributed by atoms with Gasteiger partial charge in [-0.3, -0.25) is 14.2 Å². The number of aromatic nitrogens is 1. The maximum atomic E-state index is 13.8. The van der Waals surface area contributed by atoms with Crippen molar-refractivity contribution < 1.29 is 14.6 Å². The first kappa shape index (κ1) is 24.7. The lowest BCUT2D eigenvalue weighted by atomic mass is 9.95. The number of para-hydroxylation sites is 1.